The van der Waals surface area contributed by atoms with Gasteiger partial charge in [0.15, 0.2) is 0 Å². The van der Waals surface area contributed by atoms with Crippen LogP contribution in [0.2, 0.25) is 0 Å². The van der Waals surface area contributed by atoms with E-state index in [1.54, 1.807) is 0 Å². The maximum Gasteiger partial charge on any atom is 0.455 e. The Balaban J connectivity index is 3.51. The number of carbonyl (C=O) groups is 1. The van der Waals surface area contributed by atoms with Crippen LogP contribution in [0.1, 0.15) is 10.4 Å². The Hall–Kier alpha value is -2.32. The number of ketones is 1. The van der Waals surface area contributed by atoms with Crippen molar-refractivity contribution >= 4 is 11.5 Å². The van der Waals surface area contributed by atoms with Crippen LogP contribution in [0.5, 0.6) is 11.5 Å². The predicted octanol–water partition coefficient (Wildman–Crippen LogP) is 2.36. The van der Waals surface area contributed by atoms with Crippen molar-refractivity contribution in [2.24, 2.45) is 0 Å². The zero-order valence-electron chi connectivity index (χ0n) is 9.78. The SMILES string of the molecule is COc1cc(OC)c([N+](=O)[O-])cc1C(=O)C(F)(F)F. The molecule has 0 amide bonds. The zero-order chi connectivity index (χ0) is 14.8. The van der Waals surface area contributed by atoms with Crippen molar-refractivity contribution in [2.45, 2.75) is 6.18 Å². The lowest BCUT2D eigenvalue weighted by Gasteiger charge is -2.11. The van der Waals surface area contributed by atoms with Gasteiger partial charge in [-0.15, -0.1) is 0 Å². The predicted molar refractivity (Wildman–Crippen MR) is 56.6 cm³/mol. The fourth-order valence-corrected chi connectivity index (χ4v) is 1.35. The molecule has 6 nitrogen and oxygen atoms in total. The van der Waals surface area contributed by atoms with Gasteiger partial charge < -0.3 is 9.47 Å². The second-order valence-electron chi connectivity index (χ2n) is 3.31. The van der Waals surface area contributed by atoms with Crippen molar-refractivity contribution < 1.29 is 32.4 Å². The lowest BCUT2D eigenvalue weighted by atomic mass is 10.1. The summed E-state index contributed by atoms with van der Waals surface area (Å²) >= 11 is 0. The quantitative estimate of drug-likeness (QED) is 0.480. The zero-order valence-corrected chi connectivity index (χ0v) is 9.78. The molecule has 0 aliphatic heterocycles. The highest BCUT2D eigenvalue weighted by Gasteiger charge is 2.42. The van der Waals surface area contributed by atoms with E-state index in [0.717, 1.165) is 20.3 Å². The van der Waals surface area contributed by atoms with Gasteiger partial charge in [0.2, 0.25) is 5.75 Å². The summed E-state index contributed by atoms with van der Waals surface area (Å²) in [4.78, 5) is 20.9. The summed E-state index contributed by atoms with van der Waals surface area (Å²) in [5.41, 5.74) is -1.70. The Morgan fingerprint density at radius 3 is 2.11 bits per heavy atom. The minimum Gasteiger partial charge on any atom is -0.496 e. The Morgan fingerprint density at radius 1 is 1.21 bits per heavy atom. The summed E-state index contributed by atoms with van der Waals surface area (Å²) in [5.74, 6) is -2.99. The Morgan fingerprint density at radius 2 is 1.74 bits per heavy atom. The third kappa shape index (κ3) is 2.92. The summed E-state index contributed by atoms with van der Waals surface area (Å²) in [5, 5.41) is 10.7. The second-order valence-corrected chi connectivity index (χ2v) is 3.31. The lowest BCUT2D eigenvalue weighted by molar-refractivity contribution is -0.385. The molecule has 0 N–H and O–H groups in total. The van der Waals surface area contributed by atoms with E-state index in [1.807, 2.05) is 0 Å². The van der Waals surface area contributed by atoms with E-state index in [2.05, 4.69) is 9.47 Å². The molecule has 0 bridgehead atoms. The first-order valence-electron chi connectivity index (χ1n) is 4.74. The van der Waals surface area contributed by atoms with Crippen molar-refractivity contribution in [3.05, 3.63) is 27.8 Å². The average molecular weight is 279 g/mol. The maximum absolute atomic E-state index is 12.4. The normalized spacial score (nSPS) is 11.0. The highest BCUT2D eigenvalue weighted by molar-refractivity contribution is 6.03. The van der Waals surface area contributed by atoms with Gasteiger partial charge in [-0.05, 0) is 0 Å². The topological polar surface area (TPSA) is 78.7 Å². The molecule has 0 atom stereocenters. The van der Waals surface area contributed by atoms with Gasteiger partial charge in [0.05, 0.1) is 24.7 Å². The van der Waals surface area contributed by atoms with E-state index >= 15 is 0 Å². The van der Waals surface area contributed by atoms with Gasteiger partial charge in [-0.3, -0.25) is 14.9 Å². The van der Waals surface area contributed by atoms with E-state index in [1.165, 1.54) is 0 Å². The molecule has 0 heterocycles. The van der Waals surface area contributed by atoms with Crippen LogP contribution in [-0.4, -0.2) is 31.1 Å². The number of hydrogen-bond acceptors (Lipinski definition) is 5. The summed E-state index contributed by atoms with van der Waals surface area (Å²) < 4.78 is 46.4. The minimum absolute atomic E-state index is 0.305. The fraction of sp³-hybridized carbons (Fsp3) is 0.300. The molecule has 19 heavy (non-hydrogen) atoms. The summed E-state index contributed by atoms with van der Waals surface area (Å²) in [6.07, 6.45) is -5.16. The number of Topliss-reactive ketones (excluding diaryl/α,β-unsaturated/α-hetero) is 1. The molecular weight excluding hydrogens is 271 g/mol. The van der Waals surface area contributed by atoms with Crippen LogP contribution in [0.4, 0.5) is 18.9 Å². The monoisotopic (exact) mass is 279 g/mol. The number of ether oxygens (including phenoxy) is 2. The maximum atomic E-state index is 12.4. The smallest absolute Gasteiger partial charge is 0.455 e. The number of alkyl halides is 3. The average Bonchev–Trinajstić information content (AvgIpc) is 2.34. The van der Waals surface area contributed by atoms with Gasteiger partial charge in [0.1, 0.15) is 5.75 Å². The molecule has 0 saturated heterocycles. The van der Waals surface area contributed by atoms with Crippen LogP contribution in [0, 0.1) is 10.1 Å². The number of rotatable bonds is 4. The van der Waals surface area contributed by atoms with E-state index in [4.69, 9.17) is 0 Å². The van der Waals surface area contributed by atoms with Crippen molar-refractivity contribution in [1.82, 2.24) is 0 Å². The largest absolute Gasteiger partial charge is 0.496 e. The summed E-state index contributed by atoms with van der Waals surface area (Å²) in [6, 6.07) is 1.34. The van der Waals surface area contributed by atoms with Crippen molar-refractivity contribution in [1.29, 1.82) is 0 Å². The molecule has 9 heteroatoms. The molecular formula is C10H8F3NO5. The molecule has 0 aliphatic carbocycles. The van der Waals surface area contributed by atoms with Crippen LogP contribution >= 0.6 is 0 Å². The molecule has 0 aliphatic rings. The molecule has 104 valence electrons. The van der Waals surface area contributed by atoms with Gasteiger partial charge in [0, 0.05) is 12.1 Å². The number of halogens is 3. The first-order chi connectivity index (χ1) is 8.72. The number of nitrogens with zero attached hydrogens (tertiary/aromatic N) is 1. The number of nitro groups is 1. The van der Waals surface area contributed by atoms with Crippen LogP contribution in [0.3, 0.4) is 0 Å². The fourth-order valence-electron chi connectivity index (χ4n) is 1.35. The number of carbonyl (C=O) groups excluding carboxylic acids is 1. The molecule has 0 fully saturated rings. The summed E-state index contributed by atoms with van der Waals surface area (Å²) in [6.45, 7) is 0. The summed E-state index contributed by atoms with van der Waals surface area (Å²) in [7, 11) is 2.14. The van der Waals surface area contributed by atoms with Gasteiger partial charge in [0.25, 0.3) is 5.78 Å². The molecule has 0 unspecified atom stereocenters. The van der Waals surface area contributed by atoms with Crippen molar-refractivity contribution in [3.8, 4) is 11.5 Å². The Labute approximate surface area is 104 Å². The van der Waals surface area contributed by atoms with Crippen LogP contribution in [-0.2, 0) is 0 Å². The lowest BCUT2D eigenvalue weighted by Crippen LogP contribution is -2.23. The second kappa shape index (κ2) is 5.12. The molecule has 0 aromatic heterocycles. The highest BCUT2D eigenvalue weighted by Crippen LogP contribution is 2.37. The minimum atomic E-state index is -5.16. The number of benzene rings is 1. The van der Waals surface area contributed by atoms with Crippen LogP contribution in [0.15, 0.2) is 12.1 Å². The van der Waals surface area contributed by atoms with Crippen molar-refractivity contribution in [2.75, 3.05) is 14.2 Å². The number of hydrogen-bond donors (Lipinski definition) is 0. The standard InChI is InChI=1S/C10H8F3NO5/c1-18-7-4-8(19-2)6(14(16)17)3-5(7)9(15)10(11,12)13/h3-4H,1-2H3. The molecule has 1 rings (SSSR count). The van der Waals surface area contributed by atoms with Gasteiger partial charge >= 0.3 is 11.9 Å². The molecule has 0 saturated carbocycles. The highest BCUT2D eigenvalue weighted by atomic mass is 19.4. The van der Waals surface area contributed by atoms with E-state index in [-0.39, 0.29) is 5.75 Å². The van der Waals surface area contributed by atoms with Crippen LogP contribution in [0.25, 0.3) is 0 Å². The third-order valence-corrected chi connectivity index (χ3v) is 2.20. The molecule has 0 radical (unpaired) electrons. The first kappa shape index (κ1) is 14.7. The van der Waals surface area contributed by atoms with Gasteiger partial charge in [-0.25, -0.2) is 0 Å². The van der Waals surface area contributed by atoms with Gasteiger partial charge in [-0.1, -0.05) is 0 Å². The number of methoxy groups -OCH3 is 2. The van der Waals surface area contributed by atoms with E-state index in [0.29, 0.717) is 6.07 Å². The van der Waals surface area contributed by atoms with E-state index < -0.39 is 33.9 Å². The number of nitro benzene ring substituents is 1. The van der Waals surface area contributed by atoms with E-state index in [9.17, 15) is 28.1 Å². The Bertz CT molecular complexity index is 527. The molecule has 0 spiro atoms. The van der Waals surface area contributed by atoms with Gasteiger partial charge in [-0.2, -0.15) is 13.2 Å². The first-order valence-corrected chi connectivity index (χ1v) is 4.74. The molecule has 1 aromatic carbocycles. The Kier molecular flexibility index (Phi) is 3.98. The van der Waals surface area contributed by atoms with Crippen LogP contribution < -0.4 is 9.47 Å². The van der Waals surface area contributed by atoms with Crippen molar-refractivity contribution in [3.63, 3.8) is 0 Å². The molecule has 1 aromatic rings. The third-order valence-electron chi connectivity index (χ3n) is 2.20.